The lowest BCUT2D eigenvalue weighted by Gasteiger charge is -2.24. The number of fused-ring (bicyclic) bond motifs is 1. The summed E-state index contributed by atoms with van der Waals surface area (Å²) in [5.41, 5.74) is 1.48. The van der Waals surface area contributed by atoms with Crippen molar-refractivity contribution < 1.29 is 9.53 Å². The molecular weight excluding hydrogens is 306 g/mol. The lowest BCUT2D eigenvalue weighted by molar-refractivity contribution is -0.132. The molecule has 24 heavy (non-hydrogen) atoms. The topological polar surface area (TPSA) is 64.4 Å². The number of amides is 1. The van der Waals surface area contributed by atoms with Crippen molar-refractivity contribution in [3.8, 4) is 0 Å². The SMILES string of the molecule is CCN(C[C@H]1CCOC1)C(=O)Cn1cnc2c(C)cccc2c1=O. The van der Waals surface area contributed by atoms with Gasteiger partial charge < -0.3 is 9.64 Å². The molecule has 0 saturated carbocycles. The van der Waals surface area contributed by atoms with E-state index in [2.05, 4.69) is 4.98 Å². The van der Waals surface area contributed by atoms with Crippen molar-refractivity contribution in [2.24, 2.45) is 5.92 Å². The van der Waals surface area contributed by atoms with Crippen LogP contribution in [0.1, 0.15) is 18.9 Å². The first-order chi connectivity index (χ1) is 11.6. The highest BCUT2D eigenvalue weighted by atomic mass is 16.5. The number of rotatable bonds is 5. The zero-order valence-electron chi connectivity index (χ0n) is 14.2. The first-order valence-electron chi connectivity index (χ1n) is 8.40. The number of carbonyl (C=O) groups is 1. The molecule has 0 radical (unpaired) electrons. The van der Waals surface area contributed by atoms with Crippen LogP contribution in [0.4, 0.5) is 0 Å². The fourth-order valence-corrected chi connectivity index (χ4v) is 3.14. The van der Waals surface area contributed by atoms with Gasteiger partial charge in [0.1, 0.15) is 6.54 Å². The average molecular weight is 329 g/mol. The van der Waals surface area contributed by atoms with E-state index in [1.807, 2.05) is 26.0 Å². The third-order valence-electron chi connectivity index (χ3n) is 4.60. The first-order valence-corrected chi connectivity index (χ1v) is 8.40. The minimum absolute atomic E-state index is 0.0249. The second-order valence-electron chi connectivity index (χ2n) is 6.31. The van der Waals surface area contributed by atoms with Crippen molar-refractivity contribution in [3.63, 3.8) is 0 Å². The summed E-state index contributed by atoms with van der Waals surface area (Å²) < 4.78 is 6.78. The third-order valence-corrected chi connectivity index (χ3v) is 4.60. The molecule has 0 unspecified atom stereocenters. The molecule has 1 atom stereocenters. The third kappa shape index (κ3) is 3.33. The monoisotopic (exact) mass is 329 g/mol. The predicted octanol–water partition coefficient (Wildman–Crippen LogP) is 1.59. The summed E-state index contributed by atoms with van der Waals surface area (Å²) in [6.45, 7) is 6.70. The Morgan fingerprint density at radius 2 is 2.29 bits per heavy atom. The van der Waals surface area contributed by atoms with Crippen LogP contribution in [0.5, 0.6) is 0 Å². The zero-order valence-corrected chi connectivity index (χ0v) is 14.2. The Balaban J connectivity index is 1.79. The van der Waals surface area contributed by atoms with E-state index in [1.165, 1.54) is 10.9 Å². The molecule has 6 heteroatoms. The largest absolute Gasteiger partial charge is 0.381 e. The second-order valence-corrected chi connectivity index (χ2v) is 6.31. The predicted molar refractivity (Wildman–Crippen MR) is 91.9 cm³/mol. The van der Waals surface area contributed by atoms with Gasteiger partial charge in [0, 0.05) is 25.6 Å². The van der Waals surface area contributed by atoms with Gasteiger partial charge in [-0.25, -0.2) is 4.98 Å². The Morgan fingerprint density at radius 1 is 1.46 bits per heavy atom. The highest BCUT2D eigenvalue weighted by molar-refractivity contribution is 5.81. The van der Waals surface area contributed by atoms with Crippen molar-refractivity contribution in [1.82, 2.24) is 14.5 Å². The first kappa shape index (κ1) is 16.6. The molecule has 1 aliphatic heterocycles. The van der Waals surface area contributed by atoms with Crippen molar-refractivity contribution in [3.05, 3.63) is 40.4 Å². The smallest absolute Gasteiger partial charge is 0.261 e. The van der Waals surface area contributed by atoms with Gasteiger partial charge in [0.05, 0.1) is 23.8 Å². The summed E-state index contributed by atoms with van der Waals surface area (Å²) in [6, 6.07) is 5.52. The lowest BCUT2D eigenvalue weighted by atomic mass is 10.1. The molecule has 1 aliphatic rings. The molecule has 2 aromatic rings. The normalized spacial score (nSPS) is 17.3. The van der Waals surface area contributed by atoms with Gasteiger partial charge in [-0.1, -0.05) is 12.1 Å². The Kier molecular flexibility index (Phi) is 4.94. The highest BCUT2D eigenvalue weighted by Gasteiger charge is 2.22. The van der Waals surface area contributed by atoms with Crippen LogP contribution in [-0.2, 0) is 16.1 Å². The molecular formula is C18H23N3O3. The number of benzene rings is 1. The fourth-order valence-electron chi connectivity index (χ4n) is 3.14. The summed E-state index contributed by atoms with van der Waals surface area (Å²) in [6.07, 6.45) is 2.46. The van der Waals surface area contributed by atoms with Gasteiger partial charge in [0.25, 0.3) is 5.56 Å². The van der Waals surface area contributed by atoms with Crippen molar-refractivity contribution in [2.75, 3.05) is 26.3 Å². The summed E-state index contributed by atoms with van der Waals surface area (Å²) in [7, 11) is 0. The molecule has 3 rings (SSSR count). The summed E-state index contributed by atoms with van der Waals surface area (Å²) in [5.74, 6) is 0.336. The maximum Gasteiger partial charge on any atom is 0.261 e. The molecule has 0 bridgehead atoms. The summed E-state index contributed by atoms with van der Waals surface area (Å²) in [4.78, 5) is 31.3. The molecule has 1 aromatic heterocycles. The zero-order chi connectivity index (χ0) is 17.1. The minimum atomic E-state index is -0.169. The average Bonchev–Trinajstić information content (AvgIpc) is 3.09. The Morgan fingerprint density at radius 3 is 3.00 bits per heavy atom. The number of aryl methyl sites for hydroxylation is 1. The Labute approximate surface area is 141 Å². The van der Waals surface area contributed by atoms with Gasteiger partial charge in [-0.05, 0) is 31.9 Å². The van der Waals surface area contributed by atoms with E-state index in [-0.39, 0.29) is 18.0 Å². The number of carbonyl (C=O) groups excluding carboxylic acids is 1. The molecule has 1 fully saturated rings. The Bertz CT molecular complexity index is 794. The van der Waals surface area contributed by atoms with Crippen molar-refractivity contribution in [2.45, 2.75) is 26.8 Å². The van der Waals surface area contributed by atoms with Gasteiger partial charge in [-0.3, -0.25) is 14.2 Å². The van der Waals surface area contributed by atoms with E-state index < -0.39 is 0 Å². The molecule has 0 spiro atoms. The van der Waals surface area contributed by atoms with Crippen LogP contribution in [0.15, 0.2) is 29.3 Å². The standard InChI is InChI=1S/C18H23N3O3/c1-3-20(9-14-7-8-24-11-14)16(22)10-21-12-19-17-13(2)5-4-6-15(17)18(21)23/h4-6,12,14H,3,7-11H2,1-2H3/t14-/m1/s1. The van der Waals surface area contributed by atoms with Crippen molar-refractivity contribution >= 4 is 16.8 Å². The fraction of sp³-hybridized carbons (Fsp3) is 0.500. The van der Waals surface area contributed by atoms with Crippen LogP contribution in [0.3, 0.4) is 0 Å². The summed E-state index contributed by atoms with van der Waals surface area (Å²) in [5, 5.41) is 0.553. The molecule has 2 heterocycles. The molecule has 1 aromatic carbocycles. The van der Waals surface area contributed by atoms with Gasteiger partial charge in [0.15, 0.2) is 0 Å². The van der Waals surface area contributed by atoms with Crippen LogP contribution in [-0.4, -0.2) is 46.7 Å². The number of likely N-dealkylation sites (N-methyl/N-ethyl adjacent to an activating group) is 1. The number of aromatic nitrogens is 2. The minimum Gasteiger partial charge on any atom is -0.381 e. The second kappa shape index (κ2) is 7.13. The molecule has 0 N–H and O–H groups in total. The molecule has 1 saturated heterocycles. The molecule has 6 nitrogen and oxygen atoms in total. The highest BCUT2D eigenvalue weighted by Crippen LogP contribution is 2.14. The van der Waals surface area contributed by atoms with E-state index in [0.29, 0.717) is 36.5 Å². The van der Waals surface area contributed by atoms with Gasteiger partial charge in [-0.15, -0.1) is 0 Å². The summed E-state index contributed by atoms with van der Waals surface area (Å²) >= 11 is 0. The van der Waals surface area contributed by atoms with Gasteiger partial charge >= 0.3 is 0 Å². The lowest BCUT2D eigenvalue weighted by Crippen LogP contribution is -2.39. The molecule has 128 valence electrons. The number of nitrogens with zero attached hydrogens (tertiary/aromatic N) is 3. The van der Waals surface area contributed by atoms with E-state index in [4.69, 9.17) is 4.74 Å². The number of ether oxygens (including phenoxy) is 1. The maximum atomic E-state index is 12.6. The number of hydrogen-bond donors (Lipinski definition) is 0. The van der Waals surface area contributed by atoms with E-state index in [9.17, 15) is 9.59 Å². The van der Waals surface area contributed by atoms with E-state index in [1.54, 1.807) is 11.0 Å². The van der Waals surface area contributed by atoms with Gasteiger partial charge in [0.2, 0.25) is 5.91 Å². The van der Waals surface area contributed by atoms with E-state index in [0.717, 1.165) is 18.6 Å². The molecule has 1 amide bonds. The van der Waals surface area contributed by atoms with Crippen LogP contribution in [0.2, 0.25) is 0 Å². The quantitative estimate of drug-likeness (QED) is 0.836. The van der Waals surface area contributed by atoms with Crippen LogP contribution in [0.25, 0.3) is 10.9 Å². The van der Waals surface area contributed by atoms with Crippen LogP contribution >= 0.6 is 0 Å². The number of hydrogen-bond acceptors (Lipinski definition) is 4. The van der Waals surface area contributed by atoms with Crippen LogP contribution in [0, 0.1) is 12.8 Å². The van der Waals surface area contributed by atoms with E-state index >= 15 is 0 Å². The molecule has 0 aliphatic carbocycles. The Hall–Kier alpha value is -2.21. The van der Waals surface area contributed by atoms with Crippen molar-refractivity contribution in [1.29, 1.82) is 0 Å². The maximum absolute atomic E-state index is 12.6. The van der Waals surface area contributed by atoms with Gasteiger partial charge in [-0.2, -0.15) is 0 Å². The number of para-hydroxylation sites is 1. The van der Waals surface area contributed by atoms with Crippen LogP contribution < -0.4 is 5.56 Å².